The van der Waals surface area contributed by atoms with E-state index in [1.807, 2.05) is 55.5 Å². The molecule has 73 heavy (non-hydrogen) atoms. The molecule has 9 heteroatoms. The molecule has 0 bridgehead atoms. The third-order valence-corrected chi connectivity index (χ3v) is 14.0. The Morgan fingerprint density at radius 2 is 0.726 bits per heavy atom. The van der Waals surface area contributed by atoms with E-state index in [2.05, 4.69) is 56.3 Å². The van der Waals surface area contributed by atoms with Gasteiger partial charge in [-0.25, -0.2) is 26.3 Å². The van der Waals surface area contributed by atoms with Gasteiger partial charge in [0.15, 0.2) is 34.9 Å². The van der Waals surface area contributed by atoms with E-state index in [1.54, 1.807) is 36.4 Å². The summed E-state index contributed by atoms with van der Waals surface area (Å²) < 4.78 is 98.8. The molecule has 3 unspecified atom stereocenters. The van der Waals surface area contributed by atoms with Crippen molar-refractivity contribution in [2.45, 2.75) is 122 Å². The fourth-order valence-corrected chi connectivity index (χ4v) is 9.84. The molecule has 6 aromatic rings. The zero-order chi connectivity index (χ0) is 51.5. The largest absolute Gasteiger partial charge is 0.494 e. The van der Waals surface area contributed by atoms with Gasteiger partial charge in [-0.3, -0.25) is 0 Å². The van der Waals surface area contributed by atoms with Crippen molar-refractivity contribution in [3.05, 3.63) is 214 Å². The minimum atomic E-state index is -0.781. The van der Waals surface area contributed by atoms with Crippen molar-refractivity contribution in [1.82, 2.24) is 0 Å². The van der Waals surface area contributed by atoms with E-state index in [9.17, 15) is 26.3 Å². The third-order valence-electron chi connectivity index (χ3n) is 14.0. The molecule has 0 spiro atoms. The van der Waals surface area contributed by atoms with Crippen molar-refractivity contribution in [3.8, 4) is 17.2 Å². The lowest BCUT2D eigenvalue weighted by Gasteiger charge is -2.23. The molecule has 0 amide bonds. The SMILES string of the molecule is CCCCCOc1ccc(C2CC=C(c3cccc(F)c3F)CC2)cc1.CCCOc1ccc(C2CC=C(c3cccc(F)c3F)CC2)cc1.CCOc1ccc(C2CC=C(c3cccc(F)c3F)CC2)cc1. The first kappa shape index (κ1) is 54.3. The van der Waals surface area contributed by atoms with Gasteiger partial charge in [-0.15, -0.1) is 0 Å². The van der Waals surface area contributed by atoms with Crippen molar-refractivity contribution in [3.63, 3.8) is 0 Å². The average molecular weight is 999 g/mol. The number of hydrogen-bond donors (Lipinski definition) is 0. The Hall–Kier alpha value is -6.48. The maximum atomic E-state index is 14.0. The molecule has 3 nitrogen and oxygen atoms in total. The number of rotatable bonds is 16. The minimum absolute atomic E-state index is 0.398. The van der Waals surface area contributed by atoms with Crippen molar-refractivity contribution < 1.29 is 40.6 Å². The molecule has 6 aromatic carbocycles. The number of allylic oxidation sites excluding steroid dienone is 6. The van der Waals surface area contributed by atoms with Gasteiger partial charge in [0.25, 0.3) is 0 Å². The van der Waals surface area contributed by atoms with Gasteiger partial charge >= 0.3 is 0 Å². The lowest BCUT2D eigenvalue weighted by Crippen LogP contribution is -2.05. The summed E-state index contributed by atoms with van der Waals surface area (Å²) in [6, 6.07) is 37.9. The van der Waals surface area contributed by atoms with Crippen LogP contribution in [0.15, 0.2) is 146 Å². The molecular weight excluding hydrogens is 931 g/mol. The second-order valence-corrected chi connectivity index (χ2v) is 19.0. The standard InChI is InChI=1S/C23H26F2O.C21H22F2O.C20H20F2O/c1-2-3-4-16-26-20-14-12-18(13-15-20)17-8-10-19(11-9-17)21-6-5-7-22(24)23(21)25;1-2-14-24-18-12-10-16(11-13-18)15-6-8-17(9-7-15)19-4-3-5-20(22)21(19)23;1-2-23-17-12-10-15(11-13-17)14-6-8-16(9-7-14)18-4-3-5-19(21)20(18)22/h5-7,10,12-15,17H,2-4,8-9,11,16H2,1H3;3-5,8,10-13,15H,2,6-7,9,14H2,1H3;3-5,8,10-14H,2,6-7,9H2,1H3. The van der Waals surface area contributed by atoms with E-state index in [4.69, 9.17) is 14.2 Å². The van der Waals surface area contributed by atoms with Crippen molar-refractivity contribution in [2.24, 2.45) is 0 Å². The summed E-state index contributed by atoms with van der Waals surface area (Å²) in [5, 5.41) is 0. The Kier molecular flexibility index (Phi) is 20.5. The van der Waals surface area contributed by atoms with Gasteiger partial charge in [-0.05, 0) is 183 Å². The van der Waals surface area contributed by atoms with Crippen LogP contribution in [-0.2, 0) is 0 Å². The van der Waals surface area contributed by atoms with Crippen LogP contribution in [0.25, 0.3) is 16.7 Å². The molecule has 9 rings (SSSR count). The van der Waals surface area contributed by atoms with Crippen LogP contribution in [-0.4, -0.2) is 19.8 Å². The molecule has 3 aliphatic carbocycles. The van der Waals surface area contributed by atoms with Crippen molar-refractivity contribution in [2.75, 3.05) is 19.8 Å². The van der Waals surface area contributed by atoms with E-state index >= 15 is 0 Å². The molecule has 0 fully saturated rings. The highest BCUT2D eigenvalue weighted by molar-refractivity contribution is 5.69. The predicted molar refractivity (Wildman–Crippen MR) is 284 cm³/mol. The Morgan fingerprint density at radius 3 is 1.03 bits per heavy atom. The number of hydrogen-bond acceptors (Lipinski definition) is 3. The molecule has 0 aliphatic heterocycles. The number of unbranched alkanes of at least 4 members (excludes halogenated alkanes) is 2. The second-order valence-electron chi connectivity index (χ2n) is 19.0. The highest BCUT2D eigenvalue weighted by atomic mass is 19.2. The van der Waals surface area contributed by atoms with Crippen LogP contribution in [0, 0.1) is 34.9 Å². The monoisotopic (exact) mass is 999 g/mol. The molecule has 0 N–H and O–H groups in total. The van der Waals surface area contributed by atoms with Gasteiger partial charge in [0.1, 0.15) is 17.2 Å². The van der Waals surface area contributed by atoms with Crippen molar-refractivity contribution >= 4 is 16.7 Å². The molecule has 384 valence electrons. The number of halogens is 6. The highest BCUT2D eigenvalue weighted by Gasteiger charge is 2.23. The summed E-state index contributed by atoms with van der Waals surface area (Å²) in [6.45, 7) is 8.39. The van der Waals surface area contributed by atoms with Gasteiger partial charge in [-0.1, -0.05) is 118 Å². The molecule has 0 aromatic heterocycles. The zero-order valence-electron chi connectivity index (χ0n) is 42.4. The van der Waals surface area contributed by atoms with E-state index in [0.29, 0.717) is 41.1 Å². The van der Waals surface area contributed by atoms with Gasteiger partial charge in [0, 0.05) is 16.7 Å². The predicted octanol–water partition coefficient (Wildman–Crippen LogP) is 18.7. The Morgan fingerprint density at radius 1 is 0.384 bits per heavy atom. The average Bonchev–Trinajstić information content (AvgIpc) is 3.43. The summed E-state index contributed by atoms with van der Waals surface area (Å²) >= 11 is 0. The molecule has 0 radical (unpaired) electrons. The number of benzene rings is 6. The molecule has 0 heterocycles. The van der Waals surface area contributed by atoms with Crippen LogP contribution in [0.5, 0.6) is 17.2 Å². The van der Waals surface area contributed by atoms with Crippen LogP contribution in [0.3, 0.4) is 0 Å². The smallest absolute Gasteiger partial charge is 0.166 e. The maximum Gasteiger partial charge on any atom is 0.166 e. The molecule has 3 atom stereocenters. The molecular formula is C64H68F6O3. The highest BCUT2D eigenvalue weighted by Crippen LogP contribution is 2.40. The quantitative estimate of drug-likeness (QED) is 0.0714. The number of ether oxygens (including phenoxy) is 3. The van der Waals surface area contributed by atoms with Crippen LogP contribution >= 0.6 is 0 Å². The molecule has 3 aliphatic rings. The van der Waals surface area contributed by atoms with Crippen LogP contribution in [0.2, 0.25) is 0 Å². The maximum absolute atomic E-state index is 14.0. The third kappa shape index (κ3) is 15.1. The zero-order valence-corrected chi connectivity index (χ0v) is 42.4. The second kappa shape index (κ2) is 27.5. The van der Waals surface area contributed by atoms with Crippen LogP contribution in [0.1, 0.15) is 155 Å². The Balaban J connectivity index is 0.000000161. The van der Waals surface area contributed by atoms with E-state index < -0.39 is 34.9 Å². The van der Waals surface area contributed by atoms with Crippen LogP contribution in [0.4, 0.5) is 26.3 Å². The topological polar surface area (TPSA) is 27.7 Å². The van der Waals surface area contributed by atoms with Crippen LogP contribution < -0.4 is 14.2 Å². The lowest BCUT2D eigenvalue weighted by molar-refractivity contribution is 0.306. The lowest BCUT2D eigenvalue weighted by atomic mass is 9.82. The normalized spacial score (nSPS) is 17.4. The fourth-order valence-electron chi connectivity index (χ4n) is 9.84. The van der Waals surface area contributed by atoms with Gasteiger partial charge < -0.3 is 14.2 Å². The Bertz CT molecular complexity index is 2780. The first-order valence-corrected chi connectivity index (χ1v) is 26.1. The van der Waals surface area contributed by atoms with Gasteiger partial charge in [0.05, 0.1) is 19.8 Å². The summed E-state index contributed by atoms with van der Waals surface area (Å²) in [6.07, 6.45) is 18.3. The summed E-state index contributed by atoms with van der Waals surface area (Å²) in [5.74, 6) is -0.589. The molecule has 0 saturated heterocycles. The summed E-state index contributed by atoms with van der Waals surface area (Å²) in [7, 11) is 0. The van der Waals surface area contributed by atoms with Gasteiger partial charge in [-0.2, -0.15) is 0 Å². The summed E-state index contributed by atoms with van der Waals surface area (Å²) in [4.78, 5) is 0. The van der Waals surface area contributed by atoms with Crippen molar-refractivity contribution in [1.29, 1.82) is 0 Å². The fraction of sp³-hybridized carbons (Fsp3) is 0.344. The Labute approximate surface area is 428 Å². The van der Waals surface area contributed by atoms with E-state index in [0.717, 1.165) is 136 Å². The minimum Gasteiger partial charge on any atom is -0.494 e. The molecule has 0 saturated carbocycles. The van der Waals surface area contributed by atoms with E-state index in [-0.39, 0.29) is 0 Å². The first-order chi connectivity index (χ1) is 35.6. The van der Waals surface area contributed by atoms with Gasteiger partial charge in [0.2, 0.25) is 0 Å². The van der Waals surface area contributed by atoms with E-state index in [1.165, 1.54) is 29.5 Å². The first-order valence-electron chi connectivity index (χ1n) is 26.1. The summed E-state index contributed by atoms with van der Waals surface area (Å²) in [5.41, 5.74) is 7.74.